The number of carboxylic acid groups (broad SMARTS) is 1. The van der Waals surface area contributed by atoms with Gasteiger partial charge in [0.2, 0.25) is 11.8 Å². The van der Waals surface area contributed by atoms with Gasteiger partial charge in [0.1, 0.15) is 11.4 Å². The van der Waals surface area contributed by atoms with Gasteiger partial charge in [-0.05, 0) is 74.8 Å². The van der Waals surface area contributed by atoms with Crippen LogP contribution in [-0.2, 0) is 60.6 Å². The number of morpholine rings is 1. The number of amides is 2. The summed E-state index contributed by atoms with van der Waals surface area (Å²) in [5.74, 6) is -5.25. The molecule has 346 valence electrons. The van der Waals surface area contributed by atoms with Crippen LogP contribution in [-0.4, -0.2) is 120 Å². The van der Waals surface area contributed by atoms with E-state index in [4.69, 9.17) is 19.3 Å². The summed E-state index contributed by atoms with van der Waals surface area (Å²) in [4.78, 5) is 99.3. The molecule has 14 nitrogen and oxygen atoms in total. The number of aliphatic carboxylic acids is 1. The lowest BCUT2D eigenvalue weighted by Crippen LogP contribution is -2.52. The van der Waals surface area contributed by atoms with Crippen molar-refractivity contribution in [3.63, 3.8) is 0 Å². The third-order valence-corrected chi connectivity index (χ3v) is 11.6. The molecule has 5 atom stereocenters. The second kappa shape index (κ2) is 25.5. The number of Topliss-reactive ketones (excluding diaryl/α,β-unsaturated/α-hetero) is 3. The number of ketones is 3. The van der Waals surface area contributed by atoms with Crippen molar-refractivity contribution in [2.75, 3.05) is 46.2 Å². The Bertz CT molecular complexity index is 1810. The van der Waals surface area contributed by atoms with Gasteiger partial charge in [-0.1, -0.05) is 88.4 Å². The van der Waals surface area contributed by atoms with E-state index >= 15 is 4.79 Å². The summed E-state index contributed by atoms with van der Waals surface area (Å²) >= 11 is 0. The molecule has 63 heavy (non-hydrogen) atoms. The normalized spacial score (nSPS) is 18.2. The second-order valence-electron chi connectivity index (χ2n) is 18.2. The van der Waals surface area contributed by atoms with Gasteiger partial charge in [-0.15, -0.1) is 0 Å². The van der Waals surface area contributed by atoms with Gasteiger partial charge < -0.3 is 24.6 Å². The number of esters is 1. The monoisotopic (exact) mass is 875 g/mol. The molecule has 0 spiro atoms. The van der Waals surface area contributed by atoms with Gasteiger partial charge in [-0.2, -0.15) is 0 Å². The summed E-state index contributed by atoms with van der Waals surface area (Å²) in [6.45, 7) is 11.5. The third-order valence-electron chi connectivity index (χ3n) is 11.6. The minimum atomic E-state index is -1.14. The fourth-order valence-electron chi connectivity index (χ4n) is 7.97. The largest absolute Gasteiger partial charge is 0.481 e. The Labute approximate surface area is 372 Å². The average Bonchev–Trinajstić information content (AvgIpc) is 4.01. The SMILES string of the molecule is CC(C)C[C@H](NC(=O)[C@@H](CC(=O)[C@H](CC(C)C)N(COC(=O)CCCCC(=O)O)C(=O)[C@H](CCc1ccccc1)CC(=O)CN1CCOCC1)Cc1ccccc1)C(=O)[C@@]1(C)CO1. The summed E-state index contributed by atoms with van der Waals surface area (Å²) in [5, 5.41) is 12.0. The number of carboxylic acids is 1. The van der Waals surface area contributed by atoms with E-state index < -0.39 is 65.8 Å². The molecule has 0 unspecified atom stereocenters. The second-order valence-corrected chi connectivity index (χ2v) is 18.2. The first-order chi connectivity index (χ1) is 30.0. The number of carbonyl (C=O) groups is 7. The lowest BCUT2D eigenvalue weighted by Gasteiger charge is -2.35. The Hall–Kier alpha value is -4.79. The van der Waals surface area contributed by atoms with E-state index in [2.05, 4.69) is 5.32 Å². The molecular weight excluding hydrogens is 807 g/mol. The van der Waals surface area contributed by atoms with Crippen LogP contribution in [0.15, 0.2) is 60.7 Å². The van der Waals surface area contributed by atoms with E-state index in [1.807, 2.05) is 93.3 Å². The summed E-state index contributed by atoms with van der Waals surface area (Å²) in [5.41, 5.74) is 0.797. The number of carbonyl (C=O) groups excluding carboxylic acids is 6. The molecule has 2 aliphatic heterocycles. The van der Waals surface area contributed by atoms with Gasteiger partial charge in [0, 0.05) is 50.6 Å². The summed E-state index contributed by atoms with van der Waals surface area (Å²) in [6, 6.07) is 16.9. The molecule has 2 amide bonds. The standard InChI is InChI=1S/C49H69N3O11/c1-34(2)26-41(46(58)49(5)32-63-49)50-47(59)39(28-37-16-10-7-11-17-37)30-43(54)42(27-35(3)4)52(33-62-45(57)19-13-12-18-44(55)56)48(60)38(21-20-36-14-8-6-9-15-36)29-40(53)31-51-22-24-61-25-23-51/h6-11,14-17,34-35,38-39,41-42H,12-13,18-33H2,1-5H3,(H,50,59)(H,55,56)/t38-,39-,41+,42+,49-/m1/s1. The van der Waals surface area contributed by atoms with Crippen molar-refractivity contribution in [3.8, 4) is 0 Å². The molecule has 14 heteroatoms. The topological polar surface area (TPSA) is 189 Å². The summed E-state index contributed by atoms with van der Waals surface area (Å²) in [6.07, 6.45) is 1.42. The quantitative estimate of drug-likeness (QED) is 0.0445. The van der Waals surface area contributed by atoms with E-state index in [0.29, 0.717) is 39.1 Å². The number of nitrogens with zero attached hydrogens (tertiary/aromatic N) is 2. The molecule has 2 fully saturated rings. The molecule has 0 radical (unpaired) electrons. The minimum Gasteiger partial charge on any atom is -0.481 e. The highest BCUT2D eigenvalue weighted by Gasteiger charge is 2.50. The molecule has 2 N–H and O–H groups in total. The zero-order valence-corrected chi connectivity index (χ0v) is 37.9. The first-order valence-electron chi connectivity index (χ1n) is 22.6. The fourth-order valence-corrected chi connectivity index (χ4v) is 7.97. The highest BCUT2D eigenvalue weighted by molar-refractivity contribution is 5.98. The van der Waals surface area contributed by atoms with E-state index in [1.165, 1.54) is 4.90 Å². The number of hydrogen-bond acceptors (Lipinski definition) is 11. The van der Waals surface area contributed by atoms with Gasteiger partial charge in [-0.3, -0.25) is 43.4 Å². The Morgan fingerprint density at radius 3 is 2.02 bits per heavy atom. The van der Waals surface area contributed by atoms with Crippen molar-refractivity contribution in [1.29, 1.82) is 0 Å². The fraction of sp³-hybridized carbons (Fsp3) is 0.612. The third kappa shape index (κ3) is 17.7. The van der Waals surface area contributed by atoms with Crippen LogP contribution >= 0.6 is 0 Å². The molecule has 2 aromatic rings. The molecule has 4 rings (SSSR count). The Balaban J connectivity index is 1.68. The van der Waals surface area contributed by atoms with Gasteiger partial charge in [0.25, 0.3) is 0 Å². The Kier molecular flexibility index (Phi) is 20.6. The molecule has 2 aromatic carbocycles. The van der Waals surface area contributed by atoms with Crippen LogP contribution in [0.3, 0.4) is 0 Å². The maximum Gasteiger partial charge on any atom is 0.307 e. The Morgan fingerprint density at radius 1 is 0.825 bits per heavy atom. The number of benzene rings is 2. The zero-order chi connectivity index (χ0) is 45.9. The summed E-state index contributed by atoms with van der Waals surface area (Å²) in [7, 11) is 0. The van der Waals surface area contributed by atoms with Crippen LogP contribution in [0.4, 0.5) is 0 Å². The number of hydrogen-bond donors (Lipinski definition) is 2. The highest BCUT2D eigenvalue weighted by Crippen LogP contribution is 2.30. The van der Waals surface area contributed by atoms with Gasteiger partial charge in [0.15, 0.2) is 18.3 Å². The number of ether oxygens (including phenoxy) is 3. The maximum atomic E-state index is 15.1. The van der Waals surface area contributed by atoms with Crippen LogP contribution in [0.1, 0.15) is 104 Å². The van der Waals surface area contributed by atoms with Crippen molar-refractivity contribution in [2.45, 2.75) is 123 Å². The van der Waals surface area contributed by atoms with Crippen molar-refractivity contribution in [1.82, 2.24) is 15.1 Å². The molecule has 2 aliphatic rings. The predicted molar refractivity (Wildman–Crippen MR) is 236 cm³/mol. The van der Waals surface area contributed by atoms with Gasteiger partial charge in [-0.25, -0.2) is 0 Å². The van der Waals surface area contributed by atoms with E-state index in [1.54, 1.807) is 6.92 Å². The lowest BCUT2D eigenvalue weighted by molar-refractivity contribution is -0.161. The van der Waals surface area contributed by atoms with Crippen molar-refractivity contribution < 1.29 is 52.9 Å². The lowest BCUT2D eigenvalue weighted by atomic mass is 9.86. The number of unbranched alkanes of at least 4 members (excludes halogenated alkanes) is 1. The van der Waals surface area contributed by atoms with Crippen LogP contribution in [0.2, 0.25) is 0 Å². The Morgan fingerprint density at radius 2 is 1.43 bits per heavy atom. The molecular formula is C49H69N3O11. The zero-order valence-electron chi connectivity index (χ0n) is 37.9. The number of aryl methyl sites for hydroxylation is 1. The molecule has 2 heterocycles. The molecule has 0 bridgehead atoms. The smallest absolute Gasteiger partial charge is 0.307 e. The number of rotatable bonds is 29. The van der Waals surface area contributed by atoms with Crippen LogP contribution in [0.5, 0.6) is 0 Å². The van der Waals surface area contributed by atoms with Crippen molar-refractivity contribution >= 4 is 41.1 Å². The van der Waals surface area contributed by atoms with Crippen LogP contribution in [0, 0.1) is 23.7 Å². The van der Waals surface area contributed by atoms with Crippen molar-refractivity contribution in [2.24, 2.45) is 23.7 Å². The number of nitrogens with one attached hydrogen (secondary N) is 1. The first-order valence-corrected chi connectivity index (χ1v) is 22.6. The predicted octanol–water partition coefficient (Wildman–Crippen LogP) is 5.62. The molecule has 0 aliphatic carbocycles. The van der Waals surface area contributed by atoms with E-state index in [0.717, 1.165) is 11.1 Å². The summed E-state index contributed by atoms with van der Waals surface area (Å²) < 4.78 is 16.6. The first kappa shape index (κ1) is 50.9. The molecule has 0 aromatic heterocycles. The maximum absolute atomic E-state index is 15.1. The van der Waals surface area contributed by atoms with Gasteiger partial charge >= 0.3 is 11.9 Å². The average molecular weight is 876 g/mol. The molecule has 2 saturated heterocycles. The van der Waals surface area contributed by atoms with Crippen molar-refractivity contribution in [3.05, 3.63) is 71.8 Å². The minimum absolute atomic E-state index is 0.0706. The van der Waals surface area contributed by atoms with Crippen LogP contribution < -0.4 is 5.32 Å². The van der Waals surface area contributed by atoms with Gasteiger partial charge in [0.05, 0.1) is 38.4 Å². The molecule has 0 saturated carbocycles. The van der Waals surface area contributed by atoms with E-state index in [-0.39, 0.29) is 94.3 Å². The highest BCUT2D eigenvalue weighted by atomic mass is 16.6. The number of epoxide rings is 1. The van der Waals surface area contributed by atoms with Crippen LogP contribution in [0.25, 0.3) is 0 Å². The van der Waals surface area contributed by atoms with E-state index in [9.17, 15) is 28.8 Å².